The molecule has 1 aromatic heterocycles. The highest BCUT2D eigenvalue weighted by Crippen LogP contribution is 2.33. The predicted molar refractivity (Wildman–Crippen MR) is 104 cm³/mol. The number of rotatable bonds is 3. The standard InChI is InChI=1S/C18H13ClN4O3S/c19-10-5-7-11(8-6-10)22-15(24)9-14(17(22)26)27-18-21-13-4-2-1-3-12(13)16(25)23(18)20/h1-8,14H,9,20H2. The lowest BCUT2D eigenvalue weighted by atomic mass is 10.2. The van der Waals surface area contributed by atoms with Crippen LogP contribution in [-0.2, 0) is 9.59 Å². The number of anilines is 1. The highest BCUT2D eigenvalue weighted by Gasteiger charge is 2.41. The zero-order chi connectivity index (χ0) is 19.1. The van der Waals surface area contributed by atoms with Crippen molar-refractivity contribution in [1.29, 1.82) is 0 Å². The van der Waals surface area contributed by atoms with E-state index in [1.807, 2.05) is 0 Å². The summed E-state index contributed by atoms with van der Waals surface area (Å²) in [5.41, 5.74) is 0.529. The topological polar surface area (TPSA) is 98.3 Å². The maximum absolute atomic E-state index is 12.8. The number of para-hydroxylation sites is 1. The van der Waals surface area contributed by atoms with E-state index < -0.39 is 10.8 Å². The largest absolute Gasteiger partial charge is 0.334 e. The number of carbonyl (C=O) groups is 2. The second-order valence-corrected chi connectivity index (χ2v) is 7.55. The second kappa shape index (κ2) is 6.71. The molecule has 9 heteroatoms. The number of carbonyl (C=O) groups excluding carboxylic acids is 2. The molecule has 2 amide bonds. The van der Waals surface area contributed by atoms with Crippen molar-refractivity contribution >= 4 is 51.8 Å². The highest BCUT2D eigenvalue weighted by molar-refractivity contribution is 8.00. The van der Waals surface area contributed by atoms with Crippen LogP contribution in [0.5, 0.6) is 0 Å². The molecule has 1 aliphatic rings. The minimum atomic E-state index is -0.712. The monoisotopic (exact) mass is 400 g/mol. The van der Waals surface area contributed by atoms with Gasteiger partial charge in [0.05, 0.1) is 16.6 Å². The molecule has 7 nitrogen and oxygen atoms in total. The zero-order valence-corrected chi connectivity index (χ0v) is 15.4. The van der Waals surface area contributed by atoms with Crippen LogP contribution in [-0.4, -0.2) is 26.7 Å². The van der Waals surface area contributed by atoms with E-state index in [9.17, 15) is 14.4 Å². The number of nitrogens with two attached hydrogens (primary N) is 1. The van der Waals surface area contributed by atoms with E-state index in [1.54, 1.807) is 48.5 Å². The SMILES string of the molecule is Nn1c(SC2CC(=O)N(c3ccc(Cl)cc3)C2=O)nc2ccccc2c1=O. The van der Waals surface area contributed by atoms with Gasteiger partial charge in [-0.2, -0.15) is 0 Å². The van der Waals surface area contributed by atoms with Crippen molar-refractivity contribution in [3.05, 3.63) is 63.9 Å². The van der Waals surface area contributed by atoms with Crippen molar-refractivity contribution in [2.24, 2.45) is 0 Å². The van der Waals surface area contributed by atoms with Gasteiger partial charge >= 0.3 is 0 Å². The van der Waals surface area contributed by atoms with Gasteiger partial charge in [-0.05, 0) is 36.4 Å². The number of amides is 2. The predicted octanol–water partition coefficient (Wildman–Crippen LogP) is 2.19. The van der Waals surface area contributed by atoms with Crippen LogP contribution in [0.15, 0.2) is 58.5 Å². The van der Waals surface area contributed by atoms with Crippen LogP contribution in [0.2, 0.25) is 5.02 Å². The van der Waals surface area contributed by atoms with Gasteiger partial charge in [0.2, 0.25) is 11.8 Å². The minimum Gasteiger partial charge on any atom is -0.334 e. The number of nitrogen functional groups attached to an aromatic ring is 1. The first-order valence-corrected chi connectivity index (χ1v) is 9.27. The van der Waals surface area contributed by atoms with Gasteiger partial charge in [0.25, 0.3) is 5.56 Å². The maximum Gasteiger partial charge on any atom is 0.280 e. The highest BCUT2D eigenvalue weighted by atomic mass is 35.5. The summed E-state index contributed by atoms with van der Waals surface area (Å²) in [6, 6.07) is 13.3. The third kappa shape index (κ3) is 3.07. The Bertz CT molecular complexity index is 1130. The summed E-state index contributed by atoms with van der Waals surface area (Å²) < 4.78 is 0.912. The number of imide groups is 1. The fourth-order valence-corrected chi connectivity index (χ4v) is 4.05. The molecule has 1 aliphatic heterocycles. The van der Waals surface area contributed by atoms with Crippen LogP contribution in [0.25, 0.3) is 10.9 Å². The van der Waals surface area contributed by atoms with Crippen LogP contribution in [0.1, 0.15) is 6.42 Å². The Morgan fingerprint density at radius 3 is 2.52 bits per heavy atom. The van der Waals surface area contributed by atoms with E-state index in [0.29, 0.717) is 21.6 Å². The molecule has 0 saturated carbocycles. The average Bonchev–Trinajstić information content (AvgIpc) is 2.94. The van der Waals surface area contributed by atoms with Crippen molar-refractivity contribution in [1.82, 2.24) is 9.66 Å². The van der Waals surface area contributed by atoms with Gasteiger partial charge in [0, 0.05) is 11.4 Å². The molecule has 1 saturated heterocycles. The van der Waals surface area contributed by atoms with E-state index in [2.05, 4.69) is 4.98 Å². The van der Waals surface area contributed by atoms with Crippen molar-refractivity contribution in [3.63, 3.8) is 0 Å². The van der Waals surface area contributed by atoms with Crippen LogP contribution < -0.4 is 16.3 Å². The van der Waals surface area contributed by atoms with Crippen molar-refractivity contribution in [2.45, 2.75) is 16.8 Å². The van der Waals surface area contributed by atoms with E-state index in [-0.39, 0.29) is 23.4 Å². The molecule has 3 aromatic rings. The summed E-state index contributed by atoms with van der Waals surface area (Å²) in [6.07, 6.45) is -0.00514. The Balaban J connectivity index is 1.66. The van der Waals surface area contributed by atoms with Crippen molar-refractivity contribution in [3.8, 4) is 0 Å². The smallest absolute Gasteiger partial charge is 0.280 e. The molecule has 2 aromatic carbocycles. The van der Waals surface area contributed by atoms with Gasteiger partial charge in [-0.25, -0.2) is 14.6 Å². The number of nitrogens with zero attached hydrogens (tertiary/aromatic N) is 3. The van der Waals surface area contributed by atoms with Crippen molar-refractivity contribution in [2.75, 3.05) is 10.7 Å². The number of halogens is 1. The molecule has 1 unspecified atom stereocenters. The third-order valence-electron chi connectivity index (χ3n) is 4.21. The molecule has 27 heavy (non-hydrogen) atoms. The first-order valence-electron chi connectivity index (χ1n) is 8.01. The molecule has 1 atom stereocenters. The summed E-state index contributed by atoms with van der Waals surface area (Å²) in [5, 5.41) is 0.371. The molecule has 0 spiro atoms. The van der Waals surface area contributed by atoms with Crippen LogP contribution in [0.4, 0.5) is 5.69 Å². The van der Waals surface area contributed by atoms with E-state index in [4.69, 9.17) is 17.4 Å². The Morgan fingerprint density at radius 2 is 1.78 bits per heavy atom. The van der Waals surface area contributed by atoms with E-state index in [0.717, 1.165) is 21.3 Å². The van der Waals surface area contributed by atoms with Gasteiger partial charge in [-0.15, -0.1) is 0 Å². The van der Waals surface area contributed by atoms with Crippen LogP contribution in [0.3, 0.4) is 0 Å². The normalized spacial score (nSPS) is 17.1. The molecule has 0 bridgehead atoms. The molecule has 136 valence electrons. The third-order valence-corrected chi connectivity index (χ3v) is 5.62. The van der Waals surface area contributed by atoms with E-state index in [1.165, 1.54) is 0 Å². The quantitative estimate of drug-likeness (QED) is 0.411. The van der Waals surface area contributed by atoms with Gasteiger partial charge < -0.3 is 5.84 Å². The number of benzene rings is 2. The first-order chi connectivity index (χ1) is 13.0. The number of hydrogen-bond donors (Lipinski definition) is 1. The van der Waals surface area contributed by atoms with Gasteiger partial charge in [-0.1, -0.05) is 35.5 Å². The summed E-state index contributed by atoms with van der Waals surface area (Å²) in [6.45, 7) is 0. The summed E-state index contributed by atoms with van der Waals surface area (Å²) in [4.78, 5) is 43.0. The Kier molecular flexibility index (Phi) is 4.37. The lowest BCUT2D eigenvalue weighted by Crippen LogP contribution is -2.32. The van der Waals surface area contributed by atoms with E-state index >= 15 is 0 Å². The van der Waals surface area contributed by atoms with Gasteiger partial charge in [0.1, 0.15) is 5.25 Å². The minimum absolute atomic E-state index is 0.00514. The summed E-state index contributed by atoms with van der Waals surface area (Å²) in [7, 11) is 0. The Labute approximate surface area is 162 Å². The molecular formula is C18H13ClN4O3S. The molecule has 2 N–H and O–H groups in total. The Hall–Kier alpha value is -2.84. The number of hydrogen-bond acceptors (Lipinski definition) is 6. The number of aromatic nitrogens is 2. The molecule has 0 aliphatic carbocycles. The molecule has 2 heterocycles. The Morgan fingerprint density at radius 1 is 1.07 bits per heavy atom. The van der Waals surface area contributed by atoms with Crippen molar-refractivity contribution < 1.29 is 9.59 Å². The first kappa shape index (κ1) is 17.6. The number of fused-ring (bicyclic) bond motifs is 1. The van der Waals surface area contributed by atoms with Crippen LogP contribution >= 0.6 is 23.4 Å². The fraction of sp³-hybridized carbons (Fsp3) is 0.111. The molecule has 0 radical (unpaired) electrons. The number of thioether (sulfide) groups is 1. The summed E-state index contributed by atoms with van der Waals surface area (Å²) >= 11 is 6.87. The average molecular weight is 401 g/mol. The van der Waals surface area contributed by atoms with Crippen LogP contribution in [0, 0.1) is 0 Å². The maximum atomic E-state index is 12.8. The molecule has 1 fully saturated rings. The lowest BCUT2D eigenvalue weighted by Gasteiger charge is -2.15. The second-order valence-electron chi connectivity index (χ2n) is 5.94. The molecular weight excluding hydrogens is 388 g/mol. The zero-order valence-electron chi connectivity index (χ0n) is 13.8. The summed E-state index contributed by atoms with van der Waals surface area (Å²) in [5.74, 6) is 5.16. The fourth-order valence-electron chi connectivity index (χ4n) is 2.89. The molecule has 4 rings (SSSR count). The van der Waals surface area contributed by atoms with Gasteiger partial charge in [-0.3, -0.25) is 14.4 Å². The lowest BCUT2D eigenvalue weighted by molar-refractivity contribution is -0.121. The van der Waals surface area contributed by atoms with Gasteiger partial charge in [0.15, 0.2) is 5.16 Å².